The monoisotopic (exact) mass is 662 g/mol. The first-order chi connectivity index (χ1) is 20.6. The van der Waals surface area contributed by atoms with Gasteiger partial charge in [0, 0.05) is 5.97 Å². The predicted molar refractivity (Wildman–Crippen MR) is 173 cm³/mol. The van der Waals surface area contributed by atoms with Gasteiger partial charge in [-0.2, -0.15) is 0 Å². The third kappa shape index (κ3) is 53.6. The predicted octanol–water partition coefficient (Wildman–Crippen LogP) is 2.19. The topological polar surface area (TPSA) is 187 Å². The molecule has 0 aliphatic heterocycles. The number of carboxylic acids is 1. The number of carboxylic acid groups (broad SMARTS) is 1. The summed E-state index contributed by atoms with van der Waals surface area (Å²) < 4.78 is 32.4. The normalized spacial score (nSPS) is 11.4. The van der Waals surface area contributed by atoms with Gasteiger partial charge < -0.3 is 43.8 Å². The summed E-state index contributed by atoms with van der Waals surface area (Å²) in [4.78, 5) is 10.2. The van der Waals surface area contributed by atoms with Crippen molar-refractivity contribution in [2.75, 3.05) is 87.9 Å². The number of aliphatic hydroxyl groups is 4. The molecule has 4 N–H and O–H groups in total. The molecule has 270 valence electrons. The van der Waals surface area contributed by atoms with E-state index in [1.807, 2.05) is 28.2 Å². The highest BCUT2D eigenvalue weighted by Crippen LogP contribution is 2.13. The van der Waals surface area contributed by atoms with Crippen molar-refractivity contribution in [1.82, 2.24) is 0 Å². The van der Waals surface area contributed by atoms with E-state index in [9.17, 15) is 22.9 Å². The number of unbranched alkanes of at least 4 members (excludes halogenated alkanes) is 14. The molecule has 0 saturated carbocycles. The molecular weight excluding hydrogens is 592 g/mol. The molecule has 0 aromatic carbocycles. The quantitative estimate of drug-likeness (QED) is 0.0488. The van der Waals surface area contributed by atoms with Gasteiger partial charge in [-0.3, -0.25) is 4.18 Å². The zero-order valence-electron chi connectivity index (χ0n) is 29.0. The lowest BCUT2D eigenvalue weighted by molar-refractivity contribution is -0.890. The van der Waals surface area contributed by atoms with E-state index in [0.717, 1.165) is 20.0 Å². The molecule has 0 aromatic heterocycles. The Hall–Kier alpha value is -0.900. The van der Waals surface area contributed by atoms with Crippen LogP contribution in [0.5, 0.6) is 0 Å². The number of hydrogen-bond donors (Lipinski definition) is 4. The average Bonchev–Trinajstić information content (AvgIpc) is 2.91. The molecule has 0 aliphatic rings. The van der Waals surface area contributed by atoms with Gasteiger partial charge >= 0.3 is 0 Å². The maximum atomic E-state index is 10.2. The second-order valence-corrected chi connectivity index (χ2v) is 13.5. The molecule has 0 rings (SSSR count). The lowest BCUT2D eigenvalue weighted by Crippen LogP contribution is -2.43. The van der Waals surface area contributed by atoms with Crippen molar-refractivity contribution >= 4 is 16.4 Å². The maximum absolute atomic E-state index is 10.2. The van der Waals surface area contributed by atoms with Crippen LogP contribution < -0.4 is 5.11 Å². The molecule has 0 aromatic rings. The third-order valence-corrected chi connectivity index (χ3v) is 7.42. The second kappa shape index (κ2) is 35.0. The molecule has 0 atom stereocenters. The summed E-state index contributed by atoms with van der Waals surface area (Å²) in [6, 6.07) is 0. The number of nitrogens with zero attached hydrogens (tertiary/aromatic N) is 2. The molecule has 44 heavy (non-hydrogen) atoms. The molecule has 0 bridgehead atoms. The smallest absolute Gasteiger partial charge is 0.217 e. The Labute approximate surface area is 270 Å². The number of aliphatic carboxylic acids is 1. The van der Waals surface area contributed by atoms with Crippen molar-refractivity contribution < 1.29 is 56.4 Å². The number of quaternary nitrogens is 2. The Balaban J connectivity index is -0.000000276. The van der Waals surface area contributed by atoms with E-state index in [4.69, 9.17) is 20.4 Å². The van der Waals surface area contributed by atoms with Crippen molar-refractivity contribution in [3.8, 4) is 0 Å². The SMILES string of the molecule is CCCCCCCCCCCCCCCCCC(=O)[O-].COS(=O)(=O)[O-].C[N+](C)(CCO)CCO.C[N+](C)(CCO)CCO. The van der Waals surface area contributed by atoms with Crippen LogP contribution in [0.1, 0.15) is 110 Å². The largest absolute Gasteiger partial charge is 0.726 e. The molecule has 0 amide bonds. The van der Waals surface area contributed by atoms with Gasteiger partial charge in [0.1, 0.15) is 26.2 Å². The second-order valence-electron chi connectivity index (χ2n) is 12.3. The van der Waals surface area contributed by atoms with Crippen LogP contribution in [0.15, 0.2) is 0 Å². The first kappa shape index (κ1) is 50.0. The van der Waals surface area contributed by atoms with Gasteiger partial charge in [0.05, 0.1) is 61.7 Å². The zero-order chi connectivity index (χ0) is 34.8. The standard InChI is InChI=1S/C18H36O2.2C6H16NO2.CH4O4S/c1-2-3-4-5-6-7-8-9-10-11-12-13-14-15-16-17-18(19)20;2*1-7(2,3-5-8)4-6-9;1-5-6(2,3)4/h2-17H2,1H3,(H,19,20);2*8-9H,3-6H2,1-2H3;1H3,(H,2,3,4)/q;2*+1;/p-2. The van der Waals surface area contributed by atoms with Crippen molar-refractivity contribution in [3.63, 3.8) is 0 Å². The number of likely N-dealkylation sites (N-methyl/N-ethyl adjacent to an activating group) is 2. The Morgan fingerprint density at radius 1 is 0.591 bits per heavy atom. The van der Waals surface area contributed by atoms with Crippen LogP contribution >= 0.6 is 0 Å². The summed E-state index contributed by atoms with van der Waals surface area (Å²) in [7, 11) is 4.31. The first-order valence-electron chi connectivity index (χ1n) is 16.4. The fourth-order valence-electron chi connectivity index (χ4n) is 3.95. The fourth-order valence-corrected chi connectivity index (χ4v) is 3.95. The molecule has 0 saturated heterocycles. The molecule has 0 radical (unpaired) electrons. The lowest BCUT2D eigenvalue weighted by Gasteiger charge is -2.27. The van der Waals surface area contributed by atoms with Crippen LogP contribution in [0.2, 0.25) is 0 Å². The Bertz CT molecular complexity index is 657. The van der Waals surface area contributed by atoms with E-state index in [-0.39, 0.29) is 32.8 Å². The molecule has 0 unspecified atom stereocenters. The van der Waals surface area contributed by atoms with Crippen molar-refractivity contribution in [1.29, 1.82) is 0 Å². The van der Waals surface area contributed by atoms with Gasteiger partial charge in [-0.1, -0.05) is 96.8 Å². The van der Waals surface area contributed by atoms with Crippen molar-refractivity contribution in [3.05, 3.63) is 0 Å². The van der Waals surface area contributed by atoms with Crippen LogP contribution in [-0.2, 0) is 19.4 Å². The minimum atomic E-state index is -4.41. The Morgan fingerprint density at radius 2 is 0.818 bits per heavy atom. The number of carbonyl (C=O) groups is 1. The molecular formula is C31H70N2O10S. The summed E-state index contributed by atoms with van der Waals surface area (Å²) in [5.74, 6) is -0.903. The molecule has 12 nitrogen and oxygen atoms in total. The average molecular weight is 663 g/mol. The summed E-state index contributed by atoms with van der Waals surface area (Å²) in [6.07, 6.45) is 19.9. The highest BCUT2D eigenvalue weighted by molar-refractivity contribution is 7.80. The van der Waals surface area contributed by atoms with Crippen LogP contribution in [0.25, 0.3) is 0 Å². The minimum absolute atomic E-state index is 0.188. The molecule has 0 aliphatic carbocycles. The van der Waals surface area contributed by atoms with Crippen LogP contribution in [0, 0.1) is 0 Å². The van der Waals surface area contributed by atoms with E-state index in [1.165, 1.54) is 83.5 Å². The van der Waals surface area contributed by atoms with Gasteiger partial charge in [0.2, 0.25) is 10.4 Å². The number of aliphatic hydroxyl groups excluding tert-OH is 4. The van der Waals surface area contributed by atoms with Gasteiger partial charge in [-0.15, -0.1) is 0 Å². The summed E-state index contributed by atoms with van der Waals surface area (Å²) in [5.41, 5.74) is 0. The molecule has 0 heterocycles. The van der Waals surface area contributed by atoms with Gasteiger partial charge in [-0.05, 0) is 12.8 Å². The highest BCUT2D eigenvalue weighted by atomic mass is 32.3. The van der Waals surface area contributed by atoms with Crippen LogP contribution in [0.3, 0.4) is 0 Å². The van der Waals surface area contributed by atoms with E-state index in [2.05, 4.69) is 11.1 Å². The van der Waals surface area contributed by atoms with Gasteiger partial charge in [0.15, 0.2) is 0 Å². The summed E-state index contributed by atoms with van der Waals surface area (Å²) in [5, 5.41) is 44.3. The first-order valence-corrected chi connectivity index (χ1v) is 17.7. The van der Waals surface area contributed by atoms with Crippen LogP contribution in [0.4, 0.5) is 0 Å². The number of rotatable bonds is 25. The highest BCUT2D eigenvalue weighted by Gasteiger charge is 2.12. The van der Waals surface area contributed by atoms with Crippen molar-refractivity contribution in [2.45, 2.75) is 110 Å². The summed E-state index contributed by atoms with van der Waals surface area (Å²) in [6.45, 7) is 5.85. The fraction of sp³-hybridized carbons (Fsp3) is 0.968. The number of carbonyl (C=O) groups excluding carboxylic acids is 1. The Morgan fingerprint density at radius 3 is 1.00 bits per heavy atom. The lowest BCUT2D eigenvalue weighted by atomic mass is 10.0. The molecule has 0 fully saturated rings. The number of hydrogen-bond acceptors (Lipinski definition) is 10. The summed E-state index contributed by atoms with van der Waals surface area (Å²) >= 11 is 0. The van der Waals surface area contributed by atoms with E-state index >= 15 is 0 Å². The Kier molecular flexibility index (Phi) is 39.7. The van der Waals surface area contributed by atoms with Crippen molar-refractivity contribution in [2.24, 2.45) is 0 Å². The third-order valence-electron chi connectivity index (χ3n) is 7.01. The maximum Gasteiger partial charge on any atom is 0.217 e. The van der Waals surface area contributed by atoms with E-state index in [0.29, 0.717) is 35.1 Å². The van der Waals surface area contributed by atoms with Gasteiger partial charge in [-0.25, -0.2) is 8.42 Å². The van der Waals surface area contributed by atoms with E-state index < -0.39 is 16.4 Å². The minimum Gasteiger partial charge on any atom is -0.726 e. The van der Waals surface area contributed by atoms with Gasteiger partial charge in [0.25, 0.3) is 0 Å². The molecule has 0 spiro atoms. The zero-order valence-corrected chi connectivity index (χ0v) is 29.8. The van der Waals surface area contributed by atoms with E-state index in [1.54, 1.807) is 0 Å². The van der Waals surface area contributed by atoms with Crippen LogP contribution in [-0.4, -0.2) is 136 Å². The molecule has 13 heteroatoms.